The van der Waals surface area contributed by atoms with E-state index in [1.165, 1.54) is 12.0 Å². The molecule has 1 aromatic heterocycles. The lowest BCUT2D eigenvalue weighted by Crippen LogP contribution is -2.23. The second-order valence-corrected chi connectivity index (χ2v) is 6.21. The van der Waals surface area contributed by atoms with E-state index in [0.717, 1.165) is 28.5 Å². The normalized spacial score (nSPS) is 14.6. The summed E-state index contributed by atoms with van der Waals surface area (Å²) in [5.74, 6) is 0.659. The van der Waals surface area contributed by atoms with Gasteiger partial charge in [-0.3, -0.25) is 0 Å². The first-order chi connectivity index (χ1) is 9.55. The number of hydrogen-bond acceptors (Lipinski definition) is 2. The summed E-state index contributed by atoms with van der Waals surface area (Å²) in [6.07, 6.45) is 2.26. The highest BCUT2D eigenvalue weighted by Gasteiger charge is 2.17. The van der Waals surface area contributed by atoms with Gasteiger partial charge in [-0.1, -0.05) is 43.1 Å². The lowest BCUT2D eigenvalue weighted by atomic mass is 9.94. The predicted molar refractivity (Wildman–Crippen MR) is 87.1 cm³/mol. The zero-order chi connectivity index (χ0) is 14.7. The third-order valence-electron chi connectivity index (χ3n) is 3.79. The van der Waals surface area contributed by atoms with E-state index in [2.05, 4.69) is 58.1 Å². The van der Waals surface area contributed by atoms with Gasteiger partial charge in [0.15, 0.2) is 0 Å². The van der Waals surface area contributed by atoms with E-state index in [0.29, 0.717) is 12.0 Å². The smallest absolute Gasteiger partial charge is 0.310 e. The van der Waals surface area contributed by atoms with Gasteiger partial charge in [-0.05, 0) is 36.6 Å². The van der Waals surface area contributed by atoms with Gasteiger partial charge in [0.1, 0.15) is 0 Å². The van der Waals surface area contributed by atoms with Crippen LogP contribution in [0.2, 0.25) is 0 Å². The number of fused-ring (bicyclic) bond motifs is 1. The molecule has 0 aliphatic rings. The number of rotatable bonds is 6. The molecule has 0 saturated heterocycles. The van der Waals surface area contributed by atoms with Crippen molar-refractivity contribution in [3.8, 4) is 0 Å². The number of aromatic amines is 2. The van der Waals surface area contributed by atoms with E-state index in [1.54, 1.807) is 0 Å². The Morgan fingerprint density at radius 2 is 1.90 bits per heavy atom. The lowest BCUT2D eigenvalue weighted by Gasteiger charge is -2.23. The molecule has 20 heavy (non-hydrogen) atoms. The van der Waals surface area contributed by atoms with E-state index in [4.69, 9.17) is 0 Å². The fraction of sp³-hybridized carbons (Fsp3) is 0.533. The lowest BCUT2D eigenvalue weighted by molar-refractivity contribution is 0.407. The Balaban J connectivity index is 2.40. The summed E-state index contributed by atoms with van der Waals surface area (Å²) in [5, 5.41) is 3.54. The fourth-order valence-electron chi connectivity index (χ4n) is 2.48. The van der Waals surface area contributed by atoms with Crippen molar-refractivity contribution in [2.24, 2.45) is 5.92 Å². The molecule has 2 aromatic rings. The first-order valence-electron chi connectivity index (χ1n) is 7.20. The molecule has 3 N–H and O–H groups in total. The largest absolute Gasteiger partial charge is 0.323 e. The summed E-state index contributed by atoms with van der Waals surface area (Å²) in [7, 11) is 0. The molecule has 0 aliphatic heterocycles. The van der Waals surface area contributed by atoms with Gasteiger partial charge in [-0.25, -0.2) is 4.79 Å². The molecule has 2 rings (SSSR count). The molecule has 1 heterocycles. The molecule has 0 bridgehead atoms. The highest BCUT2D eigenvalue weighted by atomic mass is 79.9. The summed E-state index contributed by atoms with van der Waals surface area (Å²) in [6, 6.07) is 4.34. The van der Waals surface area contributed by atoms with Crippen LogP contribution < -0.4 is 11.0 Å². The monoisotopic (exact) mass is 339 g/mol. The summed E-state index contributed by atoms with van der Waals surface area (Å²) >= 11 is 3.63. The van der Waals surface area contributed by atoms with Crippen molar-refractivity contribution in [2.45, 2.75) is 39.7 Å². The van der Waals surface area contributed by atoms with Crippen LogP contribution in [0.25, 0.3) is 11.0 Å². The van der Waals surface area contributed by atoms with Crippen molar-refractivity contribution in [2.75, 3.05) is 6.54 Å². The molecule has 0 spiro atoms. The minimum atomic E-state index is -0.161. The summed E-state index contributed by atoms with van der Waals surface area (Å²) in [5.41, 5.74) is 2.74. The summed E-state index contributed by atoms with van der Waals surface area (Å²) in [4.78, 5) is 17.0. The first-order valence-corrected chi connectivity index (χ1v) is 7.99. The quantitative estimate of drug-likeness (QED) is 0.751. The van der Waals surface area contributed by atoms with Crippen LogP contribution >= 0.6 is 15.9 Å². The van der Waals surface area contributed by atoms with Gasteiger partial charge in [0.05, 0.1) is 11.0 Å². The van der Waals surface area contributed by atoms with Gasteiger partial charge in [0, 0.05) is 10.5 Å². The van der Waals surface area contributed by atoms with Gasteiger partial charge in [-0.2, -0.15) is 0 Å². The number of halogens is 1. The number of aromatic nitrogens is 2. The maximum Gasteiger partial charge on any atom is 0.323 e. The fourth-order valence-corrected chi connectivity index (χ4v) is 3.10. The Morgan fingerprint density at radius 3 is 2.50 bits per heavy atom. The van der Waals surface area contributed by atoms with E-state index in [1.807, 2.05) is 6.07 Å². The maximum atomic E-state index is 11.4. The van der Waals surface area contributed by atoms with Crippen molar-refractivity contribution in [1.29, 1.82) is 0 Å². The minimum Gasteiger partial charge on any atom is -0.310 e. The summed E-state index contributed by atoms with van der Waals surface area (Å²) < 4.78 is 1.04. The third-order valence-corrected chi connectivity index (χ3v) is 4.48. The van der Waals surface area contributed by atoms with Gasteiger partial charge in [-0.15, -0.1) is 0 Å². The molecule has 110 valence electrons. The third kappa shape index (κ3) is 3.33. The average molecular weight is 340 g/mol. The van der Waals surface area contributed by atoms with Crippen LogP contribution in [0.1, 0.15) is 45.2 Å². The Kier molecular flexibility index (Phi) is 5.05. The summed E-state index contributed by atoms with van der Waals surface area (Å²) in [6.45, 7) is 7.54. The Bertz CT molecular complexity index is 632. The van der Waals surface area contributed by atoms with Crippen molar-refractivity contribution in [1.82, 2.24) is 15.3 Å². The highest BCUT2D eigenvalue weighted by Crippen LogP contribution is 2.31. The van der Waals surface area contributed by atoms with Gasteiger partial charge in [0.25, 0.3) is 0 Å². The zero-order valence-electron chi connectivity index (χ0n) is 12.2. The van der Waals surface area contributed by atoms with Crippen LogP contribution in [-0.4, -0.2) is 16.5 Å². The van der Waals surface area contributed by atoms with E-state index in [-0.39, 0.29) is 5.69 Å². The number of nitrogens with one attached hydrogen (secondary N) is 3. The maximum absolute atomic E-state index is 11.4. The molecule has 1 aromatic carbocycles. The molecule has 5 heteroatoms. The van der Waals surface area contributed by atoms with Crippen molar-refractivity contribution in [3.63, 3.8) is 0 Å². The SMILES string of the molecule is CCNC(CC(C)CC)c1cc2[nH]c(=O)[nH]c2cc1Br. The first kappa shape index (κ1) is 15.3. The molecule has 0 amide bonds. The molecule has 4 nitrogen and oxygen atoms in total. The molecule has 0 aliphatic carbocycles. The van der Waals surface area contributed by atoms with Gasteiger partial charge < -0.3 is 15.3 Å². The van der Waals surface area contributed by atoms with Crippen molar-refractivity contribution >= 4 is 27.0 Å². The standard InChI is InChI=1S/C15H22BrN3O/c1-4-9(3)6-12(17-5-2)10-7-13-14(8-11(10)16)19-15(20)18-13/h7-9,12,17H,4-6H2,1-3H3,(H2,18,19,20). The molecule has 0 radical (unpaired) electrons. The van der Waals surface area contributed by atoms with Gasteiger partial charge in [0.2, 0.25) is 0 Å². The molecule has 2 unspecified atom stereocenters. The number of benzene rings is 1. The van der Waals surface area contributed by atoms with Crippen LogP contribution in [0.5, 0.6) is 0 Å². The average Bonchev–Trinajstić information content (AvgIpc) is 2.76. The molecular formula is C15H22BrN3O. The van der Waals surface area contributed by atoms with E-state index >= 15 is 0 Å². The van der Waals surface area contributed by atoms with Crippen molar-refractivity contribution < 1.29 is 0 Å². The van der Waals surface area contributed by atoms with Crippen LogP contribution in [0, 0.1) is 5.92 Å². The Hall–Kier alpha value is -1.07. The number of H-pyrrole nitrogens is 2. The van der Waals surface area contributed by atoms with Crippen LogP contribution in [0.4, 0.5) is 0 Å². The number of imidazole rings is 1. The second-order valence-electron chi connectivity index (χ2n) is 5.36. The number of hydrogen-bond donors (Lipinski definition) is 3. The van der Waals surface area contributed by atoms with Crippen LogP contribution in [0.15, 0.2) is 21.4 Å². The highest BCUT2D eigenvalue weighted by molar-refractivity contribution is 9.10. The molecule has 0 saturated carbocycles. The zero-order valence-corrected chi connectivity index (χ0v) is 13.8. The Morgan fingerprint density at radius 1 is 1.25 bits per heavy atom. The van der Waals surface area contributed by atoms with E-state index < -0.39 is 0 Å². The van der Waals surface area contributed by atoms with Crippen LogP contribution in [-0.2, 0) is 0 Å². The minimum absolute atomic E-state index is 0.161. The Labute approximate surface area is 127 Å². The molecule has 0 fully saturated rings. The van der Waals surface area contributed by atoms with Gasteiger partial charge >= 0.3 is 5.69 Å². The predicted octanol–water partition coefficient (Wildman–Crippen LogP) is 3.71. The van der Waals surface area contributed by atoms with E-state index in [9.17, 15) is 4.79 Å². The topological polar surface area (TPSA) is 60.7 Å². The molecule has 2 atom stereocenters. The molecular weight excluding hydrogens is 318 g/mol. The van der Waals surface area contributed by atoms with Crippen molar-refractivity contribution in [3.05, 3.63) is 32.7 Å². The second kappa shape index (κ2) is 6.59. The van der Waals surface area contributed by atoms with Crippen LogP contribution in [0.3, 0.4) is 0 Å².